The maximum Gasteiger partial charge on any atom is 0.0723 e. The van der Waals surface area contributed by atoms with Crippen LogP contribution < -0.4 is 0 Å². The standard InChI is InChI=1S/C14H24O2/c1-3-9-13(15)11-7-5-6-8-12-14(16)10-4-2/h5-8,11-16H,3-4,9-10H2,1-2H3/b6-5-,11-7+,12-8+/t13-,14-/m0/s1. The average Bonchev–Trinajstić information content (AvgIpc) is 2.24. The Morgan fingerprint density at radius 2 is 1.12 bits per heavy atom. The molecule has 2 nitrogen and oxygen atoms in total. The molecule has 0 saturated carbocycles. The highest BCUT2D eigenvalue weighted by molar-refractivity contribution is 5.12. The van der Waals surface area contributed by atoms with E-state index in [1.54, 1.807) is 12.2 Å². The second-order valence-corrected chi connectivity index (χ2v) is 3.87. The molecule has 0 aliphatic heterocycles. The summed E-state index contributed by atoms with van der Waals surface area (Å²) in [5.74, 6) is 0. The summed E-state index contributed by atoms with van der Waals surface area (Å²) in [6.45, 7) is 4.09. The van der Waals surface area contributed by atoms with E-state index < -0.39 is 0 Å². The van der Waals surface area contributed by atoms with Gasteiger partial charge in [0, 0.05) is 0 Å². The van der Waals surface area contributed by atoms with E-state index in [9.17, 15) is 10.2 Å². The minimum absolute atomic E-state index is 0.343. The molecule has 0 aliphatic rings. The highest BCUT2D eigenvalue weighted by atomic mass is 16.3. The molecule has 0 spiro atoms. The monoisotopic (exact) mass is 224 g/mol. The van der Waals surface area contributed by atoms with Crippen LogP contribution in [0.2, 0.25) is 0 Å². The van der Waals surface area contributed by atoms with Crippen molar-refractivity contribution in [2.45, 2.75) is 51.7 Å². The van der Waals surface area contributed by atoms with Gasteiger partial charge in [0.2, 0.25) is 0 Å². The van der Waals surface area contributed by atoms with Crippen molar-refractivity contribution < 1.29 is 10.2 Å². The minimum atomic E-state index is -0.343. The van der Waals surface area contributed by atoms with Gasteiger partial charge >= 0.3 is 0 Å². The quantitative estimate of drug-likeness (QED) is 0.622. The van der Waals surface area contributed by atoms with Crippen LogP contribution in [0.1, 0.15) is 39.5 Å². The summed E-state index contributed by atoms with van der Waals surface area (Å²) >= 11 is 0. The molecule has 2 heteroatoms. The zero-order valence-corrected chi connectivity index (χ0v) is 10.3. The van der Waals surface area contributed by atoms with Crippen molar-refractivity contribution in [3.63, 3.8) is 0 Å². The van der Waals surface area contributed by atoms with Gasteiger partial charge < -0.3 is 10.2 Å². The third kappa shape index (κ3) is 9.69. The highest BCUT2D eigenvalue weighted by Crippen LogP contribution is 1.99. The maximum atomic E-state index is 9.39. The van der Waals surface area contributed by atoms with Gasteiger partial charge in [0.05, 0.1) is 12.2 Å². The third-order valence-electron chi connectivity index (χ3n) is 2.17. The molecule has 0 aromatic heterocycles. The molecule has 92 valence electrons. The summed E-state index contributed by atoms with van der Waals surface area (Å²) in [4.78, 5) is 0. The Morgan fingerprint density at radius 1 is 0.750 bits per heavy atom. The molecular formula is C14H24O2. The molecule has 0 heterocycles. The lowest BCUT2D eigenvalue weighted by atomic mass is 10.2. The predicted molar refractivity (Wildman–Crippen MR) is 69.2 cm³/mol. The van der Waals surface area contributed by atoms with E-state index in [-0.39, 0.29) is 12.2 Å². The molecule has 0 aliphatic carbocycles. The fourth-order valence-electron chi connectivity index (χ4n) is 1.30. The summed E-state index contributed by atoms with van der Waals surface area (Å²) in [7, 11) is 0. The molecule has 0 aromatic rings. The van der Waals surface area contributed by atoms with Gasteiger partial charge in [0.1, 0.15) is 0 Å². The normalized spacial score (nSPS) is 16.5. The van der Waals surface area contributed by atoms with E-state index in [1.807, 2.05) is 38.2 Å². The van der Waals surface area contributed by atoms with Crippen LogP contribution in [0.3, 0.4) is 0 Å². The van der Waals surface area contributed by atoms with Gasteiger partial charge in [-0.15, -0.1) is 0 Å². The number of aliphatic hydroxyl groups excluding tert-OH is 2. The first kappa shape index (κ1) is 15.1. The summed E-state index contributed by atoms with van der Waals surface area (Å²) < 4.78 is 0. The van der Waals surface area contributed by atoms with Crippen LogP contribution >= 0.6 is 0 Å². The fraction of sp³-hybridized carbons (Fsp3) is 0.571. The summed E-state index contributed by atoms with van der Waals surface area (Å²) in [5, 5.41) is 18.8. The summed E-state index contributed by atoms with van der Waals surface area (Å²) in [6.07, 6.45) is 13.8. The molecular weight excluding hydrogens is 200 g/mol. The molecule has 0 radical (unpaired) electrons. The lowest BCUT2D eigenvalue weighted by Crippen LogP contribution is -1.99. The fourth-order valence-corrected chi connectivity index (χ4v) is 1.30. The van der Waals surface area contributed by atoms with E-state index in [0.717, 1.165) is 25.7 Å². The highest BCUT2D eigenvalue weighted by Gasteiger charge is 1.94. The number of hydrogen-bond acceptors (Lipinski definition) is 2. The number of allylic oxidation sites excluding steroid dienone is 4. The first-order valence-electron chi connectivity index (χ1n) is 6.08. The van der Waals surface area contributed by atoms with Gasteiger partial charge in [-0.05, 0) is 12.8 Å². The van der Waals surface area contributed by atoms with Gasteiger partial charge in [-0.3, -0.25) is 0 Å². The zero-order chi connectivity index (χ0) is 12.2. The molecule has 0 amide bonds. The Bertz CT molecular complexity index is 205. The first-order chi connectivity index (χ1) is 7.70. The molecule has 0 unspecified atom stereocenters. The van der Waals surface area contributed by atoms with Gasteiger partial charge in [0.15, 0.2) is 0 Å². The second-order valence-electron chi connectivity index (χ2n) is 3.87. The van der Waals surface area contributed by atoms with Gasteiger partial charge in [-0.2, -0.15) is 0 Å². The summed E-state index contributed by atoms with van der Waals surface area (Å²) in [5.41, 5.74) is 0. The van der Waals surface area contributed by atoms with Crippen LogP contribution in [0.15, 0.2) is 36.5 Å². The van der Waals surface area contributed by atoms with Crippen LogP contribution in [-0.2, 0) is 0 Å². The largest absolute Gasteiger partial charge is 0.389 e. The van der Waals surface area contributed by atoms with Crippen LogP contribution in [0, 0.1) is 0 Å². The zero-order valence-electron chi connectivity index (χ0n) is 10.3. The third-order valence-corrected chi connectivity index (χ3v) is 2.17. The minimum Gasteiger partial charge on any atom is -0.389 e. The second kappa shape index (κ2) is 10.7. The molecule has 0 aromatic carbocycles. The van der Waals surface area contributed by atoms with Crippen molar-refractivity contribution in [2.75, 3.05) is 0 Å². The molecule has 2 atom stereocenters. The van der Waals surface area contributed by atoms with Crippen molar-refractivity contribution in [1.82, 2.24) is 0 Å². The van der Waals surface area contributed by atoms with Crippen LogP contribution in [-0.4, -0.2) is 22.4 Å². The van der Waals surface area contributed by atoms with Gasteiger partial charge in [0.25, 0.3) is 0 Å². The Kier molecular flexibility index (Phi) is 10.1. The average molecular weight is 224 g/mol. The van der Waals surface area contributed by atoms with Crippen LogP contribution in [0.25, 0.3) is 0 Å². The van der Waals surface area contributed by atoms with Crippen molar-refractivity contribution in [2.24, 2.45) is 0 Å². The van der Waals surface area contributed by atoms with Crippen molar-refractivity contribution in [3.8, 4) is 0 Å². The number of aliphatic hydroxyl groups is 2. The van der Waals surface area contributed by atoms with Gasteiger partial charge in [-0.25, -0.2) is 0 Å². The van der Waals surface area contributed by atoms with E-state index in [1.165, 1.54) is 0 Å². The van der Waals surface area contributed by atoms with Crippen molar-refractivity contribution >= 4 is 0 Å². The molecule has 16 heavy (non-hydrogen) atoms. The maximum absolute atomic E-state index is 9.39. The van der Waals surface area contributed by atoms with E-state index in [2.05, 4.69) is 0 Å². The Morgan fingerprint density at radius 3 is 1.44 bits per heavy atom. The SMILES string of the molecule is CCC[C@H](O)/C=C/C=C\C=C\[C@@H](O)CCC. The number of rotatable bonds is 8. The predicted octanol–water partition coefficient (Wildman–Crippen LogP) is 2.98. The first-order valence-corrected chi connectivity index (χ1v) is 6.08. The van der Waals surface area contributed by atoms with Crippen LogP contribution in [0.5, 0.6) is 0 Å². The smallest absolute Gasteiger partial charge is 0.0723 e. The lowest BCUT2D eigenvalue weighted by molar-refractivity contribution is 0.211. The van der Waals surface area contributed by atoms with Gasteiger partial charge in [-0.1, -0.05) is 63.1 Å². The molecule has 2 N–H and O–H groups in total. The van der Waals surface area contributed by atoms with Crippen molar-refractivity contribution in [1.29, 1.82) is 0 Å². The van der Waals surface area contributed by atoms with Crippen LogP contribution in [0.4, 0.5) is 0 Å². The molecule has 0 fully saturated rings. The van der Waals surface area contributed by atoms with E-state index in [0.29, 0.717) is 0 Å². The molecule has 0 saturated heterocycles. The summed E-state index contributed by atoms with van der Waals surface area (Å²) in [6, 6.07) is 0. The Hall–Kier alpha value is -0.860. The Balaban J connectivity index is 3.75. The van der Waals surface area contributed by atoms with Crippen molar-refractivity contribution in [3.05, 3.63) is 36.5 Å². The molecule has 0 bridgehead atoms. The number of hydrogen-bond donors (Lipinski definition) is 2. The topological polar surface area (TPSA) is 40.5 Å². The van der Waals surface area contributed by atoms with E-state index >= 15 is 0 Å². The lowest BCUT2D eigenvalue weighted by Gasteiger charge is -2.00. The van der Waals surface area contributed by atoms with E-state index in [4.69, 9.17) is 0 Å². The Labute approximate surface area is 99.0 Å². The molecule has 0 rings (SSSR count).